The van der Waals surface area contributed by atoms with E-state index in [4.69, 9.17) is 4.74 Å². The zero-order valence-corrected chi connectivity index (χ0v) is 18.2. The summed E-state index contributed by atoms with van der Waals surface area (Å²) < 4.78 is 19.0. The lowest BCUT2D eigenvalue weighted by molar-refractivity contribution is -0.122. The van der Waals surface area contributed by atoms with Crippen LogP contribution in [0, 0.1) is 11.7 Å². The van der Waals surface area contributed by atoms with E-state index in [1.807, 2.05) is 12.1 Å². The van der Waals surface area contributed by atoms with Crippen LogP contribution >= 0.6 is 23.1 Å². The second kappa shape index (κ2) is 9.44. The number of anilines is 2. The van der Waals surface area contributed by atoms with Crippen LogP contribution < -0.4 is 15.0 Å². The zero-order chi connectivity index (χ0) is 21.8. The number of benzene rings is 2. The second-order valence-electron chi connectivity index (χ2n) is 6.85. The summed E-state index contributed by atoms with van der Waals surface area (Å²) in [7, 11) is 1.55. The van der Waals surface area contributed by atoms with Crippen molar-refractivity contribution in [2.75, 3.05) is 23.9 Å². The number of ether oxygens (including phenoxy) is 1. The van der Waals surface area contributed by atoms with Crippen molar-refractivity contribution in [3.63, 3.8) is 0 Å². The number of nitrogens with one attached hydrogen (secondary N) is 1. The predicted molar refractivity (Wildman–Crippen MR) is 118 cm³/mol. The van der Waals surface area contributed by atoms with Gasteiger partial charge in [-0.25, -0.2) is 4.39 Å². The molecule has 1 aliphatic heterocycles. The van der Waals surface area contributed by atoms with Crippen molar-refractivity contribution >= 4 is 45.7 Å². The van der Waals surface area contributed by atoms with Crippen molar-refractivity contribution in [2.45, 2.75) is 16.5 Å². The summed E-state index contributed by atoms with van der Waals surface area (Å²) in [4.78, 5) is 26.8. The number of halogens is 1. The summed E-state index contributed by atoms with van der Waals surface area (Å²) in [6, 6.07) is 13.5. The average molecular weight is 459 g/mol. The molecule has 4 rings (SSSR count). The van der Waals surface area contributed by atoms with Crippen LogP contribution in [-0.4, -0.2) is 35.7 Å². The molecule has 3 aromatic rings. The third-order valence-electron chi connectivity index (χ3n) is 4.78. The molecule has 160 valence electrons. The number of methoxy groups -OCH3 is 1. The Morgan fingerprint density at radius 3 is 2.81 bits per heavy atom. The fraction of sp³-hybridized carbons (Fsp3) is 0.238. The highest BCUT2D eigenvalue weighted by atomic mass is 32.2. The molecule has 0 saturated carbocycles. The summed E-state index contributed by atoms with van der Waals surface area (Å²) in [6.45, 7) is 0.274. The fourth-order valence-electron chi connectivity index (χ4n) is 3.22. The number of para-hydroxylation sites is 2. The highest BCUT2D eigenvalue weighted by Gasteiger charge is 2.36. The maximum Gasteiger partial charge on any atom is 0.231 e. The van der Waals surface area contributed by atoms with E-state index in [2.05, 4.69) is 15.5 Å². The van der Waals surface area contributed by atoms with Crippen molar-refractivity contribution in [2.24, 2.45) is 5.92 Å². The first-order valence-electron chi connectivity index (χ1n) is 9.48. The van der Waals surface area contributed by atoms with Crippen molar-refractivity contribution in [1.29, 1.82) is 0 Å². The van der Waals surface area contributed by atoms with Crippen LogP contribution in [0.3, 0.4) is 0 Å². The fourth-order valence-corrected chi connectivity index (χ4v) is 4.93. The maximum absolute atomic E-state index is 13.0. The lowest BCUT2D eigenvalue weighted by atomic mass is 10.1. The molecule has 0 spiro atoms. The molecule has 2 amide bonds. The van der Waals surface area contributed by atoms with Crippen LogP contribution in [0.1, 0.15) is 12.0 Å². The maximum atomic E-state index is 13.0. The first kappa shape index (κ1) is 21.3. The second-order valence-corrected chi connectivity index (χ2v) is 9.05. The van der Waals surface area contributed by atoms with Crippen molar-refractivity contribution in [3.05, 3.63) is 59.9 Å². The van der Waals surface area contributed by atoms with E-state index in [1.165, 1.54) is 35.2 Å². The monoisotopic (exact) mass is 458 g/mol. The van der Waals surface area contributed by atoms with E-state index in [0.717, 1.165) is 5.56 Å². The summed E-state index contributed by atoms with van der Waals surface area (Å²) in [5, 5.41) is 11.2. The minimum Gasteiger partial charge on any atom is -0.495 e. The number of aromatic nitrogens is 2. The molecule has 0 bridgehead atoms. The molecule has 31 heavy (non-hydrogen) atoms. The van der Waals surface area contributed by atoms with Crippen LogP contribution in [0.25, 0.3) is 0 Å². The van der Waals surface area contributed by atoms with E-state index in [-0.39, 0.29) is 30.6 Å². The molecule has 1 aromatic heterocycles. The highest BCUT2D eigenvalue weighted by Crippen LogP contribution is 2.34. The first-order valence-corrected chi connectivity index (χ1v) is 11.3. The Balaban J connectivity index is 1.34. The molecule has 1 atom stereocenters. The number of nitrogens with zero attached hydrogens (tertiary/aromatic N) is 3. The summed E-state index contributed by atoms with van der Waals surface area (Å²) in [6.07, 6.45) is 0.120. The zero-order valence-electron chi connectivity index (χ0n) is 16.6. The molecular formula is C21H19FN4O3S2. The van der Waals surface area contributed by atoms with Crippen LogP contribution in [-0.2, 0) is 15.3 Å². The molecule has 2 aromatic carbocycles. The van der Waals surface area contributed by atoms with Gasteiger partial charge < -0.3 is 15.0 Å². The lowest BCUT2D eigenvalue weighted by Gasteiger charge is -2.19. The van der Waals surface area contributed by atoms with Gasteiger partial charge in [-0.05, 0) is 29.8 Å². The molecule has 1 unspecified atom stereocenters. The first-order chi connectivity index (χ1) is 15.0. The SMILES string of the molecule is COc1ccccc1N1CC(C(=O)Nc2nnc(SCc3ccc(F)cc3)s2)CC1=O. The topological polar surface area (TPSA) is 84.4 Å². The molecule has 0 aliphatic carbocycles. The van der Waals surface area contributed by atoms with Gasteiger partial charge in [0.15, 0.2) is 4.34 Å². The molecule has 10 heteroatoms. The number of hydrogen-bond acceptors (Lipinski definition) is 7. The van der Waals surface area contributed by atoms with Crippen LogP contribution in [0.15, 0.2) is 52.9 Å². The van der Waals surface area contributed by atoms with Gasteiger partial charge in [-0.2, -0.15) is 0 Å². The smallest absolute Gasteiger partial charge is 0.231 e. The quantitative estimate of drug-likeness (QED) is 0.426. The van der Waals surface area contributed by atoms with Crippen LogP contribution in [0.4, 0.5) is 15.2 Å². The molecule has 1 N–H and O–H groups in total. The summed E-state index contributed by atoms with van der Waals surface area (Å²) in [5.74, 6) is 0.0488. The largest absolute Gasteiger partial charge is 0.495 e. The summed E-state index contributed by atoms with van der Waals surface area (Å²) >= 11 is 2.72. The minimum atomic E-state index is -0.489. The van der Waals surface area contributed by atoms with E-state index >= 15 is 0 Å². The van der Waals surface area contributed by atoms with Gasteiger partial charge in [0.05, 0.1) is 18.7 Å². The lowest BCUT2D eigenvalue weighted by Crippen LogP contribution is -2.28. The third-order valence-corrected chi connectivity index (χ3v) is 6.83. The van der Waals surface area contributed by atoms with E-state index in [9.17, 15) is 14.0 Å². The van der Waals surface area contributed by atoms with Crippen LogP contribution in [0.5, 0.6) is 5.75 Å². The number of hydrogen-bond donors (Lipinski definition) is 1. The molecule has 0 radical (unpaired) electrons. The predicted octanol–water partition coefficient (Wildman–Crippen LogP) is 3.97. The Labute approximate surface area is 186 Å². The average Bonchev–Trinajstić information content (AvgIpc) is 3.39. The van der Waals surface area contributed by atoms with Gasteiger partial charge in [0, 0.05) is 18.7 Å². The standard InChI is InChI=1S/C21H19FN4O3S2/c1-29-17-5-3-2-4-16(17)26-11-14(10-18(26)27)19(28)23-20-24-25-21(31-20)30-12-13-6-8-15(22)9-7-13/h2-9,14H,10-12H2,1H3,(H,23,24,28). The van der Waals surface area contributed by atoms with Crippen molar-refractivity contribution in [1.82, 2.24) is 10.2 Å². The number of amides is 2. The number of thioether (sulfide) groups is 1. The number of carbonyl (C=O) groups excluding carboxylic acids is 2. The van der Waals surface area contributed by atoms with E-state index in [1.54, 1.807) is 36.3 Å². The Hall–Kier alpha value is -2.98. The van der Waals surface area contributed by atoms with Crippen molar-refractivity contribution < 1.29 is 18.7 Å². The summed E-state index contributed by atoms with van der Waals surface area (Å²) in [5.41, 5.74) is 1.62. The van der Waals surface area contributed by atoms with Gasteiger partial charge >= 0.3 is 0 Å². The minimum absolute atomic E-state index is 0.120. The number of rotatable bonds is 7. The Morgan fingerprint density at radius 2 is 2.03 bits per heavy atom. The van der Waals surface area contributed by atoms with Gasteiger partial charge in [-0.15, -0.1) is 10.2 Å². The molecule has 1 saturated heterocycles. The Morgan fingerprint density at radius 1 is 1.26 bits per heavy atom. The molecule has 2 heterocycles. The number of carbonyl (C=O) groups is 2. The Bertz CT molecular complexity index is 1090. The normalized spacial score (nSPS) is 15.9. The van der Waals surface area contributed by atoms with Gasteiger partial charge in [0.25, 0.3) is 0 Å². The van der Waals surface area contributed by atoms with Gasteiger partial charge in [0.2, 0.25) is 16.9 Å². The molecule has 7 nitrogen and oxygen atoms in total. The van der Waals surface area contributed by atoms with Crippen LogP contribution in [0.2, 0.25) is 0 Å². The molecule has 1 fully saturated rings. The van der Waals surface area contributed by atoms with Gasteiger partial charge in [-0.1, -0.05) is 47.4 Å². The van der Waals surface area contributed by atoms with E-state index < -0.39 is 5.92 Å². The highest BCUT2D eigenvalue weighted by molar-refractivity contribution is 8.00. The Kier molecular flexibility index (Phi) is 6.47. The van der Waals surface area contributed by atoms with Crippen molar-refractivity contribution in [3.8, 4) is 5.75 Å². The third kappa shape index (κ3) is 5.02. The van der Waals surface area contributed by atoms with Gasteiger partial charge in [-0.3, -0.25) is 9.59 Å². The molecule has 1 aliphatic rings. The van der Waals surface area contributed by atoms with E-state index in [0.29, 0.717) is 26.7 Å². The molecular weight excluding hydrogens is 439 g/mol. The van der Waals surface area contributed by atoms with Gasteiger partial charge in [0.1, 0.15) is 11.6 Å².